The van der Waals surface area contributed by atoms with Gasteiger partial charge in [0, 0.05) is 18.2 Å². The van der Waals surface area contributed by atoms with Crippen LogP contribution >= 0.6 is 0 Å². The van der Waals surface area contributed by atoms with E-state index in [9.17, 15) is 18.0 Å². The first-order valence-electron chi connectivity index (χ1n) is 13.9. The fourth-order valence-corrected chi connectivity index (χ4v) is 6.12. The van der Waals surface area contributed by atoms with E-state index in [1.165, 1.54) is 63.9 Å². The van der Waals surface area contributed by atoms with Crippen LogP contribution in [0.1, 0.15) is 93.5 Å². The summed E-state index contributed by atoms with van der Waals surface area (Å²) in [6.07, 6.45) is 13.9. The highest BCUT2D eigenvalue weighted by atomic mass is 19.1. The van der Waals surface area contributed by atoms with Crippen molar-refractivity contribution in [1.82, 2.24) is 0 Å². The molecule has 0 spiro atoms. The summed E-state index contributed by atoms with van der Waals surface area (Å²) in [5, 5.41) is 8.78. The van der Waals surface area contributed by atoms with Gasteiger partial charge in [-0.05, 0) is 74.3 Å². The Morgan fingerprint density at radius 1 is 0.868 bits per heavy atom. The van der Waals surface area contributed by atoms with Gasteiger partial charge in [0.05, 0.1) is 12.2 Å². The van der Waals surface area contributed by atoms with E-state index in [0.717, 1.165) is 54.9 Å². The summed E-state index contributed by atoms with van der Waals surface area (Å²) in [6, 6.07) is 6.71. The average Bonchev–Trinajstić information content (AvgIpc) is 2.91. The molecule has 2 fully saturated rings. The van der Waals surface area contributed by atoms with Gasteiger partial charge >= 0.3 is 5.97 Å². The Labute approximate surface area is 223 Å². The van der Waals surface area contributed by atoms with Crippen molar-refractivity contribution >= 4 is 5.97 Å². The molecule has 4 rings (SSSR count). The molecule has 2 saturated carbocycles. The maximum atomic E-state index is 14.6. The molecule has 0 radical (unpaired) electrons. The lowest BCUT2D eigenvalue weighted by atomic mass is 9.69. The summed E-state index contributed by atoms with van der Waals surface area (Å²) in [4.78, 5) is 12.3. The number of ether oxygens (including phenoxy) is 2. The minimum absolute atomic E-state index is 0.0218. The van der Waals surface area contributed by atoms with Crippen LogP contribution in [0.4, 0.5) is 13.2 Å². The van der Waals surface area contributed by atoms with Gasteiger partial charge in [-0.15, -0.1) is 0 Å². The minimum Gasteiger partial charge on any atom is -0.493 e. The van der Waals surface area contributed by atoms with Crippen LogP contribution in [0, 0.1) is 52.5 Å². The summed E-state index contributed by atoms with van der Waals surface area (Å²) < 4.78 is 53.7. The van der Waals surface area contributed by atoms with Crippen molar-refractivity contribution in [3.63, 3.8) is 0 Å². The van der Waals surface area contributed by atoms with Crippen LogP contribution in [0.5, 0.6) is 11.5 Å². The number of hydrogen-bond donors (Lipinski definition) is 0. The molecular weight excluding hydrogens is 491 g/mol. The van der Waals surface area contributed by atoms with Crippen LogP contribution < -0.4 is 9.47 Å². The molecule has 2 aliphatic rings. The van der Waals surface area contributed by atoms with Gasteiger partial charge < -0.3 is 9.47 Å². The van der Waals surface area contributed by atoms with Gasteiger partial charge in [-0.1, -0.05) is 39.0 Å². The monoisotopic (exact) mass is 527 g/mol. The van der Waals surface area contributed by atoms with Crippen LogP contribution in [-0.2, 0) is 0 Å². The topological polar surface area (TPSA) is 59.3 Å². The Balaban J connectivity index is 1.25. The zero-order valence-electron chi connectivity index (χ0n) is 22.0. The molecule has 0 atom stereocenters. The SMILES string of the molecule is CCCC[C@H]1CC[C@H]([C@H]2CC[C@H](COc3cc(F)c(C(=O)Oc4ccc(C#N)c(F)c4)c(F)c3)CC2)CC1. The molecule has 4 nitrogen and oxygen atoms in total. The number of esters is 1. The third-order valence-corrected chi connectivity index (χ3v) is 8.39. The van der Waals surface area contributed by atoms with Crippen LogP contribution in [0.3, 0.4) is 0 Å². The van der Waals surface area contributed by atoms with Crippen LogP contribution in [0.2, 0.25) is 0 Å². The third kappa shape index (κ3) is 7.09. The molecule has 0 bridgehead atoms. The zero-order valence-corrected chi connectivity index (χ0v) is 22.0. The molecule has 0 aliphatic heterocycles. The summed E-state index contributed by atoms with van der Waals surface area (Å²) in [5.74, 6) is -1.78. The molecule has 0 unspecified atom stereocenters. The molecule has 38 heavy (non-hydrogen) atoms. The smallest absolute Gasteiger partial charge is 0.349 e. The van der Waals surface area contributed by atoms with E-state index >= 15 is 0 Å². The highest BCUT2D eigenvalue weighted by molar-refractivity contribution is 5.91. The van der Waals surface area contributed by atoms with E-state index in [2.05, 4.69) is 6.92 Å². The van der Waals surface area contributed by atoms with Crippen molar-refractivity contribution < 1.29 is 27.4 Å². The predicted octanol–water partition coefficient (Wildman–Crippen LogP) is 8.38. The number of rotatable bonds is 9. The van der Waals surface area contributed by atoms with Crippen molar-refractivity contribution in [2.45, 2.75) is 77.6 Å². The average molecular weight is 528 g/mol. The van der Waals surface area contributed by atoms with E-state index in [0.29, 0.717) is 12.5 Å². The van der Waals surface area contributed by atoms with Gasteiger partial charge in [0.1, 0.15) is 40.6 Å². The number of carbonyl (C=O) groups excluding carboxylic acids is 1. The van der Waals surface area contributed by atoms with Crippen LogP contribution in [-0.4, -0.2) is 12.6 Å². The molecule has 0 N–H and O–H groups in total. The Morgan fingerprint density at radius 2 is 1.45 bits per heavy atom. The molecule has 2 aromatic carbocycles. The van der Waals surface area contributed by atoms with Crippen molar-refractivity contribution in [1.29, 1.82) is 5.26 Å². The third-order valence-electron chi connectivity index (χ3n) is 8.39. The van der Waals surface area contributed by atoms with Crippen molar-refractivity contribution in [2.24, 2.45) is 23.7 Å². The van der Waals surface area contributed by atoms with E-state index in [1.807, 2.05) is 0 Å². The first-order chi connectivity index (χ1) is 18.4. The molecule has 0 heterocycles. The number of nitriles is 1. The summed E-state index contributed by atoms with van der Waals surface area (Å²) in [6.45, 7) is 2.64. The van der Waals surface area contributed by atoms with Gasteiger partial charge in [0.25, 0.3) is 0 Å². The second kappa shape index (κ2) is 13.2. The first kappa shape index (κ1) is 28.0. The lowest BCUT2D eigenvalue weighted by molar-refractivity contribution is 0.0724. The molecule has 7 heteroatoms. The zero-order chi connectivity index (χ0) is 27.1. The van der Waals surface area contributed by atoms with Gasteiger partial charge in [-0.2, -0.15) is 5.26 Å². The number of hydrogen-bond acceptors (Lipinski definition) is 4. The fraction of sp³-hybridized carbons (Fsp3) is 0.548. The molecular formula is C31H36F3NO3. The highest BCUT2D eigenvalue weighted by Gasteiger charge is 2.31. The summed E-state index contributed by atoms with van der Waals surface area (Å²) in [5.41, 5.74) is -1.12. The van der Waals surface area contributed by atoms with Crippen LogP contribution in [0.15, 0.2) is 30.3 Å². The standard InChI is InChI=1S/C31H36F3NO3/c1-2-3-4-20-5-9-22(10-6-20)23-11-7-21(8-12-23)19-37-26-16-28(33)30(29(34)17-26)31(36)38-25-14-13-24(18-35)27(32)15-25/h13-17,20-23H,2-12,19H2,1H3/t20-,21-,22-,23-. The maximum Gasteiger partial charge on any atom is 0.349 e. The van der Waals surface area contributed by atoms with Crippen molar-refractivity contribution in [2.75, 3.05) is 6.61 Å². The lowest BCUT2D eigenvalue weighted by Gasteiger charge is -2.38. The number of benzene rings is 2. The normalized spacial score (nSPS) is 23.4. The maximum absolute atomic E-state index is 14.6. The number of halogens is 3. The highest BCUT2D eigenvalue weighted by Crippen LogP contribution is 2.42. The lowest BCUT2D eigenvalue weighted by Crippen LogP contribution is -2.27. The molecule has 2 aliphatic carbocycles. The Morgan fingerprint density at radius 3 is 2.00 bits per heavy atom. The molecule has 0 saturated heterocycles. The molecule has 2 aromatic rings. The quantitative estimate of drug-likeness (QED) is 0.243. The molecule has 204 valence electrons. The van der Waals surface area contributed by atoms with Gasteiger partial charge in [0.15, 0.2) is 0 Å². The number of carbonyl (C=O) groups is 1. The van der Waals surface area contributed by atoms with E-state index < -0.39 is 29.0 Å². The minimum atomic E-state index is -1.30. The second-order valence-electron chi connectivity index (χ2n) is 10.9. The van der Waals surface area contributed by atoms with Crippen molar-refractivity contribution in [3.05, 3.63) is 58.9 Å². The molecule has 0 aromatic heterocycles. The van der Waals surface area contributed by atoms with E-state index in [4.69, 9.17) is 14.7 Å². The van der Waals surface area contributed by atoms with Gasteiger partial charge in [0.2, 0.25) is 0 Å². The fourth-order valence-electron chi connectivity index (χ4n) is 6.12. The largest absolute Gasteiger partial charge is 0.493 e. The van der Waals surface area contributed by atoms with Gasteiger partial charge in [-0.25, -0.2) is 18.0 Å². The van der Waals surface area contributed by atoms with Gasteiger partial charge in [-0.3, -0.25) is 0 Å². The number of nitrogens with zero attached hydrogens (tertiary/aromatic N) is 1. The van der Waals surface area contributed by atoms with Crippen molar-refractivity contribution in [3.8, 4) is 17.6 Å². The molecule has 0 amide bonds. The summed E-state index contributed by atoms with van der Waals surface area (Å²) in [7, 11) is 0. The predicted molar refractivity (Wildman–Crippen MR) is 138 cm³/mol. The van der Waals surface area contributed by atoms with Crippen LogP contribution in [0.25, 0.3) is 0 Å². The van der Waals surface area contributed by atoms with E-state index in [1.54, 1.807) is 6.07 Å². The van der Waals surface area contributed by atoms with E-state index in [-0.39, 0.29) is 17.1 Å². The Bertz CT molecular complexity index is 1120. The second-order valence-corrected chi connectivity index (χ2v) is 10.9. The number of unbranched alkanes of at least 4 members (excludes halogenated alkanes) is 1. The first-order valence-corrected chi connectivity index (χ1v) is 13.9. The Kier molecular flexibility index (Phi) is 9.71. The summed E-state index contributed by atoms with van der Waals surface area (Å²) >= 11 is 0. The Hall–Kier alpha value is -3.01.